The highest BCUT2D eigenvalue weighted by Gasteiger charge is 2.06. The Morgan fingerprint density at radius 3 is 2.85 bits per heavy atom. The smallest absolute Gasteiger partial charge is 0.245 e. The largest absolute Gasteiger partial charge is 0.346 e. The summed E-state index contributed by atoms with van der Waals surface area (Å²) in [6, 6.07) is 3.87. The van der Waals surface area contributed by atoms with E-state index in [1.165, 1.54) is 0 Å². The van der Waals surface area contributed by atoms with Crippen LogP contribution in [0.25, 0.3) is 5.65 Å². The van der Waals surface area contributed by atoms with E-state index in [4.69, 9.17) is 0 Å². The maximum Gasteiger partial charge on any atom is 0.245 e. The van der Waals surface area contributed by atoms with Crippen molar-refractivity contribution >= 4 is 27.5 Å². The van der Waals surface area contributed by atoms with Crippen LogP contribution in [0.5, 0.6) is 0 Å². The average molecular weight is 241 g/mol. The molecule has 13 heavy (non-hydrogen) atoms. The number of hydrogen-bond donors (Lipinski definition) is 0. The van der Waals surface area contributed by atoms with Crippen LogP contribution in [0, 0.1) is 0 Å². The molecule has 0 radical (unpaired) electrons. The summed E-state index contributed by atoms with van der Waals surface area (Å²) >= 11 is 3.42. The van der Waals surface area contributed by atoms with Gasteiger partial charge in [-0.2, -0.15) is 4.98 Å². The van der Waals surface area contributed by atoms with Gasteiger partial charge in [0.05, 0.1) is 4.47 Å². The first-order valence-electron chi connectivity index (χ1n) is 3.86. The molecule has 0 atom stereocenters. The second-order valence-corrected chi connectivity index (χ2v) is 3.78. The highest BCUT2D eigenvalue weighted by molar-refractivity contribution is 9.10. The molecule has 0 saturated carbocycles. The molecule has 0 amide bonds. The monoisotopic (exact) mass is 240 g/mol. The summed E-state index contributed by atoms with van der Waals surface area (Å²) in [6.45, 7) is 0. The molecule has 0 bridgehead atoms. The van der Waals surface area contributed by atoms with Crippen LogP contribution in [0.15, 0.2) is 22.8 Å². The van der Waals surface area contributed by atoms with Gasteiger partial charge in [0.15, 0.2) is 5.65 Å². The number of nitrogens with zero attached hydrogens (tertiary/aromatic N) is 4. The molecule has 0 fully saturated rings. The minimum absolute atomic E-state index is 0.715. The Kier molecular flexibility index (Phi) is 1.95. The van der Waals surface area contributed by atoms with Gasteiger partial charge in [-0.1, -0.05) is 0 Å². The predicted molar refractivity (Wildman–Crippen MR) is 55.0 cm³/mol. The average Bonchev–Trinajstić information content (AvgIpc) is 2.49. The molecule has 0 unspecified atom stereocenters. The Bertz CT molecular complexity index is 435. The van der Waals surface area contributed by atoms with E-state index in [0.29, 0.717) is 5.95 Å². The zero-order valence-corrected chi connectivity index (χ0v) is 8.98. The van der Waals surface area contributed by atoms with Crippen LogP contribution < -0.4 is 4.90 Å². The first-order valence-corrected chi connectivity index (χ1v) is 4.66. The molecule has 2 aromatic rings. The predicted octanol–water partition coefficient (Wildman–Crippen LogP) is 1.56. The van der Waals surface area contributed by atoms with Gasteiger partial charge >= 0.3 is 0 Å². The van der Waals surface area contributed by atoms with Crippen LogP contribution in [-0.2, 0) is 0 Å². The van der Waals surface area contributed by atoms with Gasteiger partial charge in [0, 0.05) is 20.3 Å². The Labute approximate surface area is 84.3 Å². The lowest BCUT2D eigenvalue weighted by molar-refractivity contribution is 0.925. The molecule has 0 N–H and O–H groups in total. The molecule has 0 aliphatic heterocycles. The van der Waals surface area contributed by atoms with Gasteiger partial charge in [0.1, 0.15) is 0 Å². The zero-order chi connectivity index (χ0) is 9.42. The molecule has 0 aromatic carbocycles. The van der Waals surface area contributed by atoms with E-state index < -0.39 is 0 Å². The highest BCUT2D eigenvalue weighted by Crippen LogP contribution is 2.17. The second kappa shape index (κ2) is 2.99. The van der Waals surface area contributed by atoms with Crippen molar-refractivity contribution in [3.8, 4) is 0 Å². The number of anilines is 1. The fraction of sp³-hybridized carbons (Fsp3) is 0.250. The Morgan fingerprint density at radius 2 is 2.23 bits per heavy atom. The van der Waals surface area contributed by atoms with Crippen molar-refractivity contribution in [1.29, 1.82) is 0 Å². The van der Waals surface area contributed by atoms with E-state index in [2.05, 4.69) is 26.0 Å². The topological polar surface area (TPSA) is 33.4 Å². The van der Waals surface area contributed by atoms with E-state index in [9.17, 15) is 0 Å². The van der Waals surface area contributed by atoms with Gasteiger partial charge in [-0.05, 0) is 28.1 Å². The van der Waals surface area contributed by atoms with Gasteiger partial charge in [-0.15, -0.1) is 5.10 Å². The summed E-state index contributed by atoms with van der Waals surface area (Å²) in [6.07, 6.45) is 1.88. The molecular weight excluding hydrogens is 232 g/mol. The number of pyridine rings is 1. The number of fused-ring (bicyclic) bond motifs is 1. The van der Waals surface area contributed by atoms with Gasteiger partial charge in [0.2, 0.25) is 5.95 Å². The lowest BCUT2D eigenvalue weighted by atomic mass is 10.5. The summed E-state index contributed by atoms with van der Waals surface area (Å²) < 4.78 is 2.70. The van der Waals surface area contributed by atoms with E-state index in [0.717, 1.165) is 10.1 Å². The molecule has 2 rings (SSSR count). The van der Waals surface area contributed by atoms with Crippen molar-refractivity contribution in [2.45, 2.75) is 0 Å². The van der Waals surface area contributed by atoms with Crippen LogP contribution in [-0.4, -0.2) is 28.7 Å². The van der Waals surface area contributed by atoms with Crippen molar-refractivity contribution in [2.75, 3.05) is 19.0 Å². The molecule has 4 nitrogen and oxygen atoms in total. The van der Waals surface area contributed by atoms with Crippen molar-refractivity contribution in [2.24, 2.45) is 0 Å². The summed E-state index contributed by atoms with van der Waals surface area (Å²) in [5.41, 5.74) is 0.839. The molecule has 0 aliphatic rings. The third-order valence-corrected chi connectivity index (χ3v) is 2.32. The normalized spacial score (nSPS) is 10.7. The van der Waals surface area contributed by atoms with Crippen LogP contribution in [0.2, 0.25) is 0 Å². The van der Waals surface area contributed by atoms with Crippen molar-refractivity contribution in [3.63, 3.8) is 0 Å². The first kappa shape index (κ1) is 8.50. The number of halogens is 1. The molecule has 5 heteroatoms. The summed E-state index contributed by atoms with van der Waals surface area (Å²) in [5, 5.41) is 4.27. The van der Waals surface area contributed by atoms with Gasteiger partial charge < -0.3 is 4.90 Å². The third-order valence-electron chi connectivity index (χ3n) is 1.70. The zero-order valence-electron chi connectivity index (χ0n) is 7.40. The fourth-order valence-electron chi connectivity index (χ4n) is 1.05. The molecule has 68 valence electrons. The molecule has 2 heterocycles. The number of hydrogen-bond acceptors (Lipinski definition) is 3. The van der Waals surface area contributed by atoms with Crippen LogP contribution in [0.1, 0.15) is 0 Å². The van der Waals surface area contributed by atoms with Gasteiger partial charge in [-0.25, -0.2) is 4.52 Å². The summed E-state index contributed by atoms with van der Waals surface area (Å²) in [7, 11) is 3.84. The molecule has 0 aliphatic carbocycles. The lowest BCUT2D eigenvalue weighted by Crippen LogP contribution is -2.10. The van der Waals surface area contributed by atoms with Crippen LogP contribution in [0.4, 0.5) is 5.95 Å². The minimum atomic E-state index is 0.715. The van der Waals surface area contributed by atoms with Crippen molar-refractivity contribution in [1.82, 2.24) is 14.6 Å². The molecular formula is C8H9BrN4. The Balaban J connectivity index is 2.68. The third kappa shape index (κ3) is 1.39. The number of rotatable bonds is 1. The minimum Gasteiger partial charge on any atom is -0.346 e. The SMILES string of the molecule is CN(C)c1nc2c(Br)cccn2n1. The van der Waals surface area contributed by atoms with Crippen molar-refractivity contribution < 1.29 is 0 Å². The Hall–Kier alpha value is -1.10. The van der Waals surface area contributed by atoms with E-state index >= 15 is 0 Å². The quantitative estimate of drug-likeness (QED) is 0.759. The Morgan fingerprint density at radius 1 is 1.46 bits per heavy atom. The summed E-state index contributed by atoms with van der Waals surface area (Å²) in [4.78, 5) is 6.22. The highest BCUT2D eigenvalue weighted by atomic mass is 79.9. The standard InChI is InChI=1S/C8H9BrN4/c1-12(2)8-10-7-6(9)4-3-5-13(7)11-8/h3-5H,1-2H3. The van der Waals surface area contributed by atoms with Gasteiger partial charge in [0.25, 0.3) is 0 Å². The second-order valence-electron chi connectivity index (χ2n) is 2.93. The maximum absolute atomic E-state index is 4.34. The lowest BCUT2D eigenvalue weighted by Gasteiger charge is -2.03. The summed E-state index contributed by atoms with van der Waals surface area (Å²) in [5.74, 6) is 0.715. The van der Waals surface area contributed by atoms with Gasteiger partial charge in [-0.3, -0.25) is 0 Å². The first-order chi connectivity index (χ1) is 6.18. The van der Waals surface area contributed by atoms with E-state index in [1.807, 2.05) is 37.3 Å². The maximum atomic E-state index is 4.34. The molecule has 0 spiro atoms. The fourth-order valence-corrected chi connectivity index (χ4v) is 1.47. The van der Waals surface area contributed by atoms with Crippen LogP contribution >= 0.6 is 15.9 Å². The number of aromatic nitrogens is 3. The van der Waals surface area contributed by atoms with E-state index in [1.54, 1.807) is 4.52 Å². The van der Waals surface area contributed by atoms with E-state index in [-0.39, 0.29) is 0 Å². The van der Waals surface area contributed by atoms with Crippen LogP contribution in [0.3, 0.4) is 0 Å². The van der Waals surface area contributed by atoms with Crippen molar-refractivity contribution in [3.05, 3.63) is 22.8 Å². The molecule has 0 saturated heterocycles. The molecule has 2 aromatic heterocycles.